The molecule has 0 heterocycles. The smallest absolute Gasteiger partial charge is 0.263 e. The van der Waals surface area contributed by atoms with Crippen LogP contribution in [0.2, 0.25) is 0 Å². The van der Waals surface area contributed by atoms with E-state index in [9.17, 15) is 9.90 Å². The average molecular weight is 251 g/mol. The Morgan fingerprint density at radius 3 is 2.44 bits per heavy atom. The van der Waals surface area contributed by atoms with E-state index in [1.165, 1.54) is 4.90 Å². The summed E-state index contributed by atoms with van der Waals surface area (Å²) in [6.07, 6.45) is -0.570. The molecule has 1 atom stereocenters. The summed E-state index contributed by atoms with van der Waals surface area (Å²) >= 11 is 0. The van der Waals surface area contributed by atoms with Gasteiger partial charge < -0.3 is 14.7 Å². The molecule has 0 aliphatic heterocycles. The van der Waals surface area contributed by atoms with Gasteiger partial charge in [0.25, 0.3) is 5.91 Å². The van der Waals surface area contributed by atoms with Crippen LogP contribution in [0, 0.1) is 0 Å². The van der Waals surface area contributed by atoms with E-state index in [0.717, 1.165) is 0 Å². The third-order valence-electron chi connectivity index (χ3n) is 2.40. The predicted molar refractivity (Wildman–Crippen MR) is 70.5 cm³/mol. The Bertz CT molecular complexity index is 384. The molecule has 1 N–H and O–H groups in total. The SMILES string of the molecule is CC(Oc1ccccc1)C(=O)N(C)CC(C)(C)O. The summed E-state index contributed by atoms with van der Waals surface area (Å²) in [5.74, 6) is 0.510. The summed E-state index contributed by atoms with van der Waals surface area (Å²) in [7, 11) is 1.66. The summed E-state index contributed by atoms with van der Waals surface area (Å²) < 4.78 is 5.54. The van der Waals surface area contributed by atoms with Crippen molar-refractivity contribution >= 4 is 5.91 Å². The lowest BCUT2D eigenvalue weighted by molar-refractivity contribution is -0.139. The molecular weight excluding hydrogens is 230 g/mol. The number of para-hydroxylation sites is 1. The summed E-state index contributed by atoms with van der Waals surface area (Å²) in [5, 5.41) is 9.67. The summed E-state index contributed by atoms with van der Waals surface area (Å²) in [6.45, 7) is 5.31. The molecular formula is C14H21NO3. The maximum Gasteiger partial charge on any atom is 0.263 e. The topological polar surface area (TPSA) is 49.8 Å². The van der Waals surface area contributed by atoms with Gasteiger partial charge in [-0.05, 0) is 32.9 Å². The van der Waals surface area contributed by atoms with Gasteiger partial charge in [0.1, 0.15) is 5.75 Å². The van der Waals surface area contributed by atoms with Gasteiger partial charge in [0.05, 0.1) is 5.60 Å². The fourth-order valence-corrected chi connectivity index (χ4v) is 1.72. The van der Waals surface area contributed by atoms with Gasteiger partial charge in [-0.2, -0.15) is 0 Å². The minimum Gasteiger partial charge on any atom is -0.481 e. The van der Waals surface area contributed by atoms with Crippen molar-refractivity contribution in [1.82, 2.24) is 4.90 Å². The van der Waals surface area contributed by atoms with Gasteiger partial charge in [0.2, 0.25) is 0 Å². The van der Waals surface area contributed by atoms with Crippen LogP contribution in [0.3, 0.4) is 0 Å². The van der Waals surface area contributed by atoms with E-state index in [1.54, 1.807) is 40.0 Å². The van der Waals surface area contributed by atoms with Crippen LogP contribution in [0.5, 0.6) is 5.75 Å². The van der Waals surface area contributed by atoms with Gasteiger partial charge in [0.15, 0.2) is 6.10 Å². The lowest BCUT2D eigenvalue weighted by Gasteiger charge is -2.27. The Morgan fingerprint density at radius 2 is 1.94 bits per heavy atom. The van der Waals surface area contributed by atoms with E-state index in [0.29, 0.717) is 5.75 Å². The number of benzene rings is 1. The zero-order chi connectivity index (χ0) is 13.8. The third-order valence-corrected chi connectivity index (χ3v) is 2.40. The molecule has 4 nitrogen and oxygen atoms in total. The van der Waals surface area contributed by atoms with Crippen LogP contribution in [-0.4, -0.2) is 41.2 Å². The highest BCUT2D eigenvalue weighted by molar-refractivity contribution is 5.80. The van der Waals surface area contributed by atoms with Crippen molar-refractivity contribution in [1.29, 1.82) is 0 Å². The number of ether oxygens (including phenoxy) is 1. The van der Waals surface area contributed by atoms with Crippen molar-refractivity contribution in [3.63, 3.8) is 0 Å². The molecule has 0 radical (unpaired) electrons. The number of nitrogens with zero attached hydrogens (tertiary/aromatic N) is 1. The molecule has 1 amide bonds. The first-order valence-electron chi connectivity index (χ1n) is 5.98. The number of amides is 1. The Balaban J connectivity index is 2.56. The molecule has 1 unspecified atom stereocenters. The highest BCUT2D eigenvalue weighted by Gasteiger charge is 2.24. The Kier molecular flexibility index (Phi) is 4.73. The minimum atomic E-state index is -0.906. The van der Waals surface area contributed by atoms with Crippen molar-refractivity contribution in [3.8, 4) is 5.75 Å². The normalized spacial score (nSPS) is 12.9. The van der Waals surface area contributed by atoms with E-state index < -0.39 is 11.7 Å². The Hall–Kier alpha value is -1.55. The van der Waals surface area contributed by atoms with E-state index in [1.807, 2.05) is 18.2 Å². The molecule has 0 bridgehead atoms. The molecule has 100 valence electrons. The molecule has 0 saturated carbocycles. The second-order valence-corrected chi connectivity index (χ2v) is 5.08. The van der Waals surface area contributed by atoms with Crippen LogP contribution in [0.15, 0.2) is 30.3 Å². The van der Waals surface area contributed by atoms with Crippen molar-refractivity contribution in [2.24, 2.45) is 0 Å². The van der Waals surface area contributed by atoms with E-state index in [4.69, 9.17) is 4.74 Å². The Labute approximate surface area is 108 Å². The van der Waals surface area contributed by atoms with Crippen LogP contribution >= 0.6 is 0 Å². The molecule has 0 aliphatic rings. The first kappa shape index (κ1) is 14.5. The molecule has 0 spiro atoms. The number of hydrogen-bond donors (Lipinski definition) is 1. The maximum atomic E-state index is 12.0. The standard InChI is InChI=1S/C14H21NO3/c1-11(18-12-8-6-5-7-9-12)13(16)15(4)10-14(2,3)17/h5-9,11,17H,10H2,1-4H3. The number of hydrogen-bond acceptors (Lipinski definition) is 3. The van der Waals surface area contributed by atoms with Crippen LogP contribution < -0.4 is 4.74 Å². The van der Waals surface area contributed by atoms with Gasteiger partial charge in [0, 0.05) is 13.6 Å². The number of rotatable bonds is 5. The van der Waals surface area contributed by atoms with Crippen molar-refractivity contribution in [2.75, 3.05) is 13.6 Å². The number of carbonyl (C=O) groups excluding carboxylic acids is 1. The molecule has 1 rings (SSSR count). The van der Waals surface area contributed by atoms with Crippen molar-refractivity contribution in [2.45, 2.75) is 32.5 Å². The zero-order valence-electron chi connectivity index (χ0n) is 11.4. The lowest BCUT2D eigenvalue weighted by atomic mass is 10.1. The largest absolute Gasteiger partial charge is 0.481 e. The molecule has 4 heteroatoms. The van der Waals surface area contributed by atoms with E-state index in [-0.39, 0.29) is 12.5 Å². The molecule has 0 aliphatic carbocycles. The number of carbonyl (C=O) groups is 1. The van der Waals surface area contributed by atoms with Crippen molar-refractivity contribution in [3.05, 3.63) is 30.3 Å². The highest BCUT2D eigenvalue weighted by atomic mass is 16.5. The van der Waals surface area contributed by atoms with Gasteiger partial charge >= 0.3 is 0 Å². The zero-order valence-corrected chi connectivity index (χ0v) is 11.4. The van der Waals surface area contributed by atoms with E-state index >= 15 is 0 Å². The monoisotopic (exact) mass is 251 g/mol. The molecule has 18 heavy (non-hydrogen) atoms. The summed E-state index contributed by atoms with van der Waals surface area (Å²) in [6, 6.07) is 9.21. The summed E-state index contributed by atoms with van der Waals surface area (Å²) in [4.78, 5) is 13.5. The van der Waals surface area contributed by atoms with Gasteiger partial charge in [-0.3, -0.25) is 4.79 Å². The average Bonchev–Trinajstić information content (AvgIpc) is 2.27. The molecule has 1 aromatic rings. The minimum absolute atomic E-state index is 0.152. The lowest BCUT2D eigenvalue weighted by Crippen LogP contribution is -2.44. The van der Waals surface area contributed by atoms with Gasteiger partial charge in [-0.1, -0.05) is 18.2 Å². The van der Waals surface area contributed by atoms with Gasteiger partial charge in [-0.25, -0.2) is 0 Å². The van der Waals surface area contributed by atoms with Crippen LogP contribution in [0.4, 0.5) is 0 Å². The maximum absolute atomic E-state index is 12.0. The molecule has 0 aromatic heterocycles. The van der Waals surface area contributed by atoms with E-state index in [2.05, 4.69) is 0 Å². The summed E-state index contributed by atoms with van der Waals surface area (Å²) in [5.41, 5.74) is -0.906. The number of aliphatic hydroxyl groups is 1. The van der Waals surface area contributed by atoms with Gasteiger partial charge in [-0.15, -0.1) is 0 Å². The fourth-order valence-electron chi connectivity index (χ4n) is 1.72. The molecule has 1 aromatic carbocycles. The van der Waals surface area contributed by atoms with Crippen LogP contribution in [-0.2, 0) is 4.79 Å². The first-order valence-corrected chi connectivity index (χ1v) is 5.98. The highest BCUT2D eigenvalue weighted by Crippen LogP contribution is 2.12. The fraction of sp³-hybridized carbons (Fsp3) is 0.500. The molecule has 0 saturated heterocycles. The van der Waals surface area contributed by atoms with Crippen LogP contribution in [0.1, 0.15) is 20.8 Å². The van der Waals surface area contributed by atoms with Crippen LogP contribution in [0.25, 0.3) is 0 Å². The molecule has 0 fully saturated rings. The van der Waals surface area contributed by atoms with Crippen molar-refractivity contribution < 1.29 is 14.6 Å². The second kappa shape index (κ2) is 5.87. The quantitative estimate of drug-likeness (QED) is 0.866. The first-order chi connectivity index (χ1) is 8.29. The number of likely N-dealkylation sites (N-methyl/N-ethyl adjacent to an activating group) is 1. The third kappa shape index (κ3) is 4.75. The predicted octanol–water partition coefficient (Wildman–Crippen LogP) is 1.68. The second-order valence-electron chi connectivity index (χ2n) is 5.08. The Morgan fingerprint density at radius 1 is 1.39 bits per heavy atom.